The molecule has 0 aliphatic carbocycles. The van der Waals surface area contributed by atoms with E-state index in [4.69, 9.17) is 4.98 Å². The molecule has 2 saturated heterocycles. The van der Waals surface area contributed by atoms with E-state index in [1.165, 1.54) is 14.2 Å². The molecule has 4 amide bonds. The molecule has 0 saturated carbocycles. The molecule has 2 fully saturated rings. The lowest BCUT2D eigenvalue weighted by Gasteiger charge is -2.29. The molecule has 4 heterocycles. The third-order valence-electron chi connectivity index (χ3n) is 10.1. The minimum absolute atomic E-state index is 0.232. The van der Waals surface area contributed by atoms with Crippen molar-refractivity contribution >= 4 is 24.0 Å². The normalized spacial score (nSPS) is 18.2. The van der Waals surface area contributed by atoms with Crippen molar-refractivity contribution in [1.29, 1.82) is 0 Å². The summed E-state index contributed by atoms with van der Waals surface area (Å²) >= 11 is 0. The fourth-order valence-electron chi connectivity index (χ4n) is 7.01. The molecule has 15 nitrogen and oxygen atoms in total. The summed E-state index contributed by atoms with van der Waals surface area (Å²) in [7, 11) is 2.65. The molecule has 2 aromatic heterocycles. The second-order valence-corrected chi connectivity index (χ2v) is 13.2. The molecule has 15 heteroatoms. The average Bonchev–Trinajstić information content (AvgIpc) is 3.99. The summed E-state index contributed by atoms with van der Waals surface area (Å²) in [5.41, 5.74) is 5.64. The number of imidazole rings is 2. The molecule has 2 aliphatic rings. The zero-order valence-corrected chi connectivity index (χ0v) is 29.6. The van der Waals surface area contributed by atoms with Gasteiger partial charge in [-0.2, -0.15) is 0 Å². The Balaban J connectivity index is 1.14. The van der Waals surface area contributed by atoms with E-state index in [0.717, 1.165) is 52.1 Å². The number of aromatic amines is 2. The van der Waals surface area contributed by atoms with E-state index in [9.17, 15) is 29.4 Å². The van der Waals surface area contributed by atoms with Gasteiger partial charge in [0.1, 0.15) is 23.7 Å². The molecule has 4 atom stereocenters. The van der Waals surface area contributed by atoms with Gasteiger partial charge in [-0.25, -0.2) is 19.6 Å². The van der Waals surface area contributed by atoms with Crippen LogP contribution < -0.4 is 5.32 Å². The van der Waals surface area contributed by atoms with Gasteiger partial charge in [-0.1, -0.05) is 48.5 Å². The highest BCUT2D eigenvalue weighted by molar-refractivity contribution is 5.86. The Bertz CT molecular complexity index is 1920. The van der Waals surface area contributed by atoms with E-state index < -0.39 is 24.3 Å². The number of ether oxygens (including phenoxy) is 1. The van der Waals surface area contributed by atoms with Crippen molar-refractivity contribution in [2.75, 3.05) is 27.2 Å². The summed E-state index contributed by atoms with van der Waals surface area (Å²) in [4.78, 5) is 69.9. The Morgan fingerprint density at radius 2 is 1.44 bits per heavy atom. The number of alkyl carbamates (subject to hydrolysis) is 1. The zero-order chi connectivity index (χ0) is 37.1. The predicted molar refractivity (Wildman–Crippen MR) is 191 cm³/mol. The zero-order valence-electron chi connectivity index (χ0n) is 29.6. The Morgan fingerprint density at radius 1 is 0.885 bits per heavy atom. The van der Waals surface area contributed by atoms with Gasteiger partial charge in [-0.3, -0.25) is 14.5 Å². The van der Waals surface area contributed by atoms with Crippen molar-refractivity contribution in [3.8, 4) is 33.6 Å². The van der Waals surface area contributed by atoms with Crippen molar-refractivity contribution in [3.05, 3.63) is 72.1 Å². The highest BCUT2D eigenvalue weighted by Gasteiger charge is 2.37. The first-order valence-electron chi connectivity index (χ1n) is 17.4. The number of likely N-dealkylation sites (N-methyl/N-ethyl adjacent to an activating group) is 1. The lowest BCUT2D eigenvalue weighted by atomic mass is 10.0. The number of nitrogens with one attached hydrogen (secondary N) is 3. The first-order chi connectivity index (χ1) is 25.0. The topological polar surface area (TPSA) is 197 Å². The SMILES string of the molecule is COC(=O)N[C@@H](C)C(=O)N1CCC[C@H]1c1nc(CO)c(-c2ccc(-c3ccc(-c4c[nH]c([C@@H]5CCCN5C(=O)[C@H](C)N(C)C(=O)O)n4)cc3)cc2)[nH]1. The number of carboxylic acid groups (broad SMARTS) is 1. The van der Waals surface area contributed by atoms with Crippen molar-refractivity contribution in [2.24, 2.45) is 0 Å². The number of likely N-dealkylation sites (tertiary alicyclic amines) is 2. The van der Waals surface area contributed by atoms with E-state index in [2.05, 4.69) is 25.0 Å². The molecule has 0 radical (unpaired) electrons. The second-order valence-electron chi connectivity index (χ2n) is 13.2. The Morgan fingerprint density at radius 3 is 2.02 bits per heavy atom. The Labute approximate surface area is 301 Å². The van der Waals surface area contributed by atoms with Crippen LogP contribution in [0.3, 0.4) is 0 Å². The smallest absolute Gasteiger partial charge is 0.407 e. The number of aliphatic hydroxyl groups excluding tert-OH is 1. The van der Waals surface area contributed by atoms with Crippen molar-refractivity contribution in [2.45, 2.75) is 70.3 Å². The number of carbonyl (C=O) groups excluding carboxylic acids is 3. The molecule has 2 aliphatic heterocycles. The first-order valence-corrected chi connectivity index (χ1v) is 17.4. The van der Waals surface area contributed by atoms with Gasteiger partial charge in [0.15, 0.2) is 0 Å². The van der Waals surface area contributed by atoms with Crippen molar-refractivity contribution < 1.29 is 34.1 Å². The maximum absolute atomic E-state index is 13.2. The fraction of sp³-hybridized carbons (Fsp3) is 0.405. The minimum atomic E-state index is -1.15. The Hall–Kier alpha value is -5.70. The van der Waals surface area contributed by atoms with Gasteiger partial charge in [0.2, 0.25) is 11.8 Å². The van der Waals surface area contributed by atoms with Crippen LogP contribution in [-0.2, 0) is 20.9 Å². The third kappa shape index (κ3) is 7.21. The number of carbonyl (C=O) groups is 4. The van der Waals surface area contributed by atoms with Crippen molar-refractivity contribution in [1.82, 2.24) is 40.0 Å². The summed E-state index contributed by atoms with van der Waals surface area (Å²) in [6, 6.07) is 13.8. The van der Waals surface area contributed by atoms with Gasteiger partial charge < -0.3 is 40.0 Å². The van der Waals surface area contributed by atoms with E-state index in [0.29, 0.717) is 42.5 Å². The molecule has 274 valence electrons. The van der Waals surface area contributed by atoms with Crippen molar-refractivity contribution in [3.63, 3.8) is 0 Å². The average molecular weight is 713 g/mol. The van der Waals surface area contributed by atoms with E-state index >= 15 is 0 Å². The number of methoxy groups -OCH3 is 1. The largest absolute Gasteiger partial charge is 0.465 e. The summed E-state index contributed by atoms with van der Waals surface area (Å²) in [6.45, 7) is 4.02. The molecule has 0 spiro atoms. The number of hydrogen-bond donors (Lipinski definition) is 5. The summed E-state index contributed by atoms with van der Waals surface area (Å²) in [5.74, 6) is 0.787. The minimum Gasteiger partial charge on any atom is -0.465 e. The monoisotopic (exact) mass is 712 g/mol. The van der Waals surface area contributed by atoms with E-state index in [1.54, 1.807) is 23.6 Å². The predicted octanol–water partition coefficient (Wildman–Crippen LogP) is 4.70. The third-order valence-corrected chi connectivity index (χ3v) is 10.1. The van der Waals surface area contributed by atoms with Crippen LogP contribution in [0, 0.1) is 0 Å². The molecule has 0 bridgehead atoms. The highest BCUT2D eigenvalue weighted by Crippen LogP contribution is 2.35. The van der Waals surface area contributed by atoms with Gasteiger partial charge in [-0.05, 0) is 56.2 Å². The van der Waals surface area contributed by atoms with Crippen LogP contribution in [-0.4, -0.2) is 108 Å². The molecule has 5 N–H and O–H groups in total. The fourth-order valence-corrected chi connectivity index (χ4v) is 7.01. The standard InChI is InChI=1S/C37H44N8O7/c1-21(39-36(49)52-4)34(47)44-17-6-8-30(44)33-41-28(20-46)31(42-33)26-15-11-24(12-16-26)23-9-13-25(14-10-23)27-19-38-32(40-27)29-7-5-18-45(29)35(48)22(2)43(3)37(50)51/h9-16,19,21-22,29-30,46H,5-8,17-18,20H2,1-4H3,(H,38,40)(H,39,49)(H,41,42)(H,50,51)/t21-,22-,29-,30-/m0/s1. The van der Waals surface area contributed by atoms with Crippen LogP contribution in [0.15, 0.2) is 54.7 Å². The number of aliphatic hydroxyl groups is 1. The molecule has 4 aromatic rings. The molecule has 2 aromatic carbocycles. The summed E-state index contributed by atoms with van der Waals surface area (Å²) in [5, 5.41) is 22.0. The lowest BCUT2D eigenvalue weighted by molar-refractivity contribution is -0.136. The molecule has 52 heavy (non-hydrogen) atoms. The molecule has 6 rings (SSSR count). The van der Waals surface area contributed by atoms with Gasteiger partial charge in [-0.15, -0.1) is 0 Å². The van der Waals surface area contributed by atoms with Gasteiger partial charge in [0.25, 0.3) is 0 Å². The second kappa shape index (κ2) is 15.3. The van der Waals surface area contributed by atoms with Crippen LogP contribution in [0.4, 0.5) is 9.59 Å². The summed E-state index contributed by atoms with van der Waals surface area (Å²) in [6.07, 6.45) is 3.04. The number of hydrogen-bond acceptors (Lipinski definition) is 8. The van der Waals surface area contributed by atoms with Gasteiger partial charge in [0.05, 0.1) is 42.9 Å². The maximum Gasteiger partial charge on any atom is 0.407 e. The number of rotatable bonds is 10. The number of nitrogens with zero attached hydrogens (tertiary/aromatic N) is 5. The van der Waals surface area contributed by atoms with Crippen LogP contribution >= 0.6 is 0 Å². The molecular formula is C37H44N8O7. The molecular weight excluding hydrogens is 668 g/mol. The van der Waals surface area contributed by atoms with Crippen LogP contribution in [0.1, 0.15) is 69.0 Å². The van der Waals surface area contributed by atoms with Crippen LogP contribution in [0.2, 0.25) is 0 Å². The molecule has 0 unspecified atom stereocenters. The highest BCUT2D eigenvalue weighted by atomic mass is 16.5. The van der Waals surface area contributed by atoms with E-state index in [1.807, 2.05) is 54.7 Å². The van der Waals surface area contributed by atoms with E-state index in [-0.39, 0.29) is 30.5 Å². The van der Waals surface area contributed by atoms with Crippen LogP contribution in [0.25, 0.3) is 33.6 Å². The number of aromatic nitrogens is 4. The van der Waals surface area contributed by atoms with Gasteiger partial charge in [0, 0.05) is 31.9 Å². The number of amides is 4. The lowest BCUT2D eigenvalue weighted by Crippen LogP contribution is -2.47. The van der Waals surface area contributed by atoms with Gasteiger partial charge >= 0.3 is 12.2 Å². The Kier molecular flexibility index (Phi) is 10.6. The maximum atomic E-state index is 13.2. The quantitative estimate of drug-likeness (QED) is 0.155. The number of benzene rings is 2. The first kappa shape index (κ1) is 36.1. The number of H-pyrrole nitrogens is 2. The van der Waals surface area contributed by atoms with Crippen LogP contribution in [0.5, 0.6) is 0 Å². The summed E-state index contributed by atoms with van der Waals surface area (Å²) < 4.78 is 4.64.